The number of benzene rings is 1. The number of esters is 2. The van der Waals surface area contributed by atoms with Crippen molar-refractivity contribution in [3.05, 3.63) is 58.1 Å². The van der Waals surface area contributed by atoms with E-state index in [1.807, 2.05) is 0 Å². The fourth-order valence-corrected chi connectivity index (χ4v) is 2.97. The van der Waals surface area contributed by atoms with Crippen LogP contribution in [0.15, 0.2) is 28.8 Å². The molecule has 1 unspecified atom stereocenters. The predicted octanol–water partition coefficient (Wildman–Crippen LogP) is 3.97. The number of halogens is 3. The standard InChI is InChI=1S/C19H15ClF2N2O5/c1-3-28-19(26)16-13(7-21)24-17(29-16)14(18(25)27-2)9-4-10-5-11(20)8-23-15(10)12(22)6-9/h4-6,8,14H,3,7H2,1-2H3. The highest BCUT2D eigenvalue weighted by Gasteiger charge is 2.33. The maximum Gasteiger partial charge on any atom is 0.376 e. The number of oxazole rings is 1. The molecule has 2 aromatic heterocycles. The van der Waals surface area contributed by atoms with Gasteiger partial charge < -0.3 is 13.9 Å². The number of ether oxygens (including phenoxy) is 2. The Bertz CT molecular complexity index is 1090. The molecule has 10 heteroatoms. The summed E-state index contributed by atoms with van der Waals surface area (Å²) in [5.41, 5.74) is -0.183. The summed E-state index contributed by atoms with van der Waals surface area (Å²) in [7, 11) is 1.12. The number of hydrogen-bond donors (Lipinski definition) is 0. The van der Waals surface area contributed by atoms with E-state index in [1.54, 1.807) is 6.92 Å². The number of methoxy groups -OCH3 is 1. The van der Waals surface area contributed by atoms with E-state index in [0.29, 0.717) is 5.39 Å². The third kappa shape index (κ3) is 4.04. The first-order valence-corrected chi connectivity index (χ1v) is 8.82. The molecule has 29 heavy (non-hydrogen) atoms. The van der Waals surface area contributed by atoms with E-state index in [-0.39, 0.29) is 34.3 Å². The van der Waals surface area contributed by atoms with Crippen molar-refractivity contribution in [2.24, 2.45) is 0 Å². The summed E-state index contributed by atoms with van der Waals surface area (Å²) < 4.78 is 42.8. The van der Waals surface area contributed by atoms with E-state index in [1.165, 1.54) is 18.3 Å². The second-order valence-corrected chi connectivity index (χ2v) is 6.30. The van der Waals surface area contributed by atoms with Crippen molar-refractivity contribution >= 4 is 34.4 Å². The summed E-state index contributed by atoms with van der Waals surface area (Å²) in [6.45, 7) is 0.473. The van der Waals surface area contributed by atoms with Crippen molar-refractivity contribution < 1.29 is 32.3 Å². The van der Waals surface area contributed by atoms with E-state index < -0.39 is 36.1 Å². The van der Waals surface area contributed by atoms with Crippen LogP contribution in [0.3, 0.4) is 0 Å². The molecule has 7 nitrogen and oxygen atoms in total. The summed E-state index contributed by atoms with van der Waals surface area (Å²) >= 11 is 5.92. The van der Waals surface area contributed by atoms with Crippen LogP contribution in [-0.2, 0) is 20.9 Å². The molecule has 0 aliphatic rings. The molecule has 0 saturated heterocycles. The van der Waals surface area contributed by atoms with Gasteiger partial charge in [0.25, 0.3) is 0 Å². The molecule has 1 atom stereocenters. The van der Waals surface area contributed by atoms with Crippen LogP contribution in [0.25, 0.3) is 10.9 Å². The lowest BCUT2D eigenvalue weighted by atomic mass is 9.97. The smallest absolute Gasteiger partial charge is 0.376 e. The van der Waals surface area contributed by atoms with Crippen molar-refractivity contribution in [2.75, 3.05) is 13.7 Å². The van der Waals surface area contributed by atoms with E-state index in [2.05, 4.69) is 9.97 Å². The van der Waals surface area contributed by atoms with E-state index in [4.69, 9.17) is 25.5 Å². The van der Waals surface area contributed by atoms with Crippen LogP contribution < -0.4 is 0 Å². The molecule has 0 radical (unpaired) electrons. The number of alkyl halides is 1. The lowest BCUT2D eigenvalue weighted by molar-refractivity contribution is -0.141. The molecular weight excluding hydrogens is 410 g/mol. The van der Waals surface area contributed by atoms with Crippen molar-refractivity contribution in [3.8, 4) is 0 Å². The van der Waals surface area contributed by atoms with E-state index in [0.717, 1.165) is 13.2 Å². The van der Waals surface area contributed by atoms with E-state index >= 15 is 0 Å². The Morgan fingerprint density at radius 3 is 2.72 bits per heavy atom. The van der Waals surface area contributed by atoms with Gasteiger partial charge in [0.05, 0.1) is 18.7 Å². The first-order valence-electron chi connectivity index (χ1n) is 8.44. The average Bonchev–Trinajstić information content (AvgIpc) is 3.12. The van der Waals surface area contributed by atoms with Crippen LogP contribution in [0, 0.1) is 5.82 Å². The molecule has 3 rings (SSSR count). The third-order valence-corrected chi connectivity index (χ3v) is 4.25. The number of pyridine rings is 1. The minimum atomic E-state index is -1.36. The highest BCUT2D eigenvalue weighted by Crippen LogP contribution is 2.31. The van der Waals surface area contributed by atoms with Gasteiger partial charge in [-0.2, -0.15) is 0 Å². The highest BCUT2D eigenvalue weighted by atomic mass is 35.5. The molecule has 3 aromatic rings. The number of fused-ring (bicyclic) bond motifs is 1. The zero-order chi connectivity index (χ0) is 21.1. The van der Waals surface area contributed by atoms with Crippen LogP contribution >= 0.6 is 11.6 Å². The SMILES string of the molecule is CCOC(=O)c1oc(C(C(=O)OC)c2cc(F)c3ncc(Cl)cc3c2)nc1CF. The zero-order valence-electron chi connectivity index (χ0n) is 15.4. The minimum Gasteiger partial charge on any atom is -0.468 e. The first-order chi connectivity index (χ1) is 13.9. The van der Waals surface area contributed by atoms with E-state index in [9.17, 15) is 18.4 Å². The van der Waals surface area contributed by atoms with Crippen molar-refractivity contribution in [1.29, 1.82) is 0 Å². The van der Waals surface area contributed by atoms with Gasteiger partial charge in [-0.25, -0.2) is 18.6 Å². The number of carbonyl (C=O) groups is 2. The molecule has 0 spiro atoms. The van der Waals surface area contributed by atoms with Crippen molar-refractivity contribution in [3.63, 3.8) is 0 Å². The van der Waals surface area contributed by atoms with Gasteiger partial charge in [-0.1, -0.05) is 11.6 Å². The maximum absolute atomic E-state index is 14.6. The number of hydrogen-bond acceptors (Lipinski definition) is 7. The molecule has 0 bridgehead atoms. The Morgan fingerprint density at radius 1 is 1.31 bits per heavy atom. The average molecular weight is 425 g/mol. The van der Waals surface area contributed by atoms with Gasteiger partial charge in [-0.05, 0) is 30.7 Å². The summed E-state index contributed by atoms with van der Waals surface area (Å²) in [6.07, 6.45) is 1.29. The molecular formula is C19H15ClF2N2O5. The zero-order valence-corrected chi connectivity index (χ0v) is 16.1. The van der Waals surface area contributed by atoms with Crippen molar-refractivity contribution in [2.45, 2.75) is 19.5 Å². The van der Waals surface area contributed by atoms with Crippen LogP contribution in [0.2, 0.25) is 5.02 Å². The van der Waals surface area contributed by atoms with Gasteiger partial charge in [-0.3, -0.25) is 9.78 Å². The fourth-order valence-electron chi connectivity index (χ4n) is 2.80. The van der Waals surface area contributed by atoms with Gasteiger partial charge in [0, 0.05) is 11.6 Å². The molecule has 2 heterocycles. The lowest BCUT2D eigenvalue weighted by Gasteiger charge is -2.13. The van der Waals surface area contributed by atoms with Gasteiger partial charge in [-0.15, -0.1) is 0 Å². The molecule has 152 valence electrons. The Kier molecular flexibility index (Phi) is 6.07. The minimum absolute atomic E-state index is 0.0324. The van der Waals surface area contributed by atoms with Gasteiger partial charge in [0.1, 0.15) is 23.7 Å². The molecule has 0 amide bonds. The Labute approximate surface area is 168 Å². The molecule has 0 aliphatic carbocycles. The summed E-state index contributed by atoms with van der Waals surface area (Å²) in [6, 6.07) is 3.99. The van der Waals surface area contributed by atoms with Gasteiger partial charge in [0.2, 0.25) is 11.7 Å². The van der Waals surface area contributed by atoms with Gasteiger partial charge in [0.15, 0.2) is 5.92 Å². The topological polar surface area (TPSA) is 91.5 Å². The van der Waals surface area contributed by atoms with Crippen LogP contribution in [0.1, 0.15) is 40.5 Å². The predicted molar refractivity (Wildman–Crippen MR) is 97.8 cm³/mol. The van der Waals surface area contributed by atoms with Crippen LogP contribution in [-0.4, -0.2) is 35.6 Å². The Hall–Kier alpha value is -3.07. The fraction of sp³-hybridized carbons (Fsp3) is 0.263. The third-order valence-electron chi connectivity index (χ3n) is 4.04. The van der Waals surface area contributed by atoms with Crippen LogP contribution in [0.4, 0.5) is 8.78 Å². The largest absolute Gasteiger partial charge is 0.468 e. The summed E-state index contributed by atoms with van der Waals surface area (Å²) in [4.78, 5) is 32.2. The van der Waals surface area contributed by atoms with Crippen molar-refractivity contribution in [1.82, 2.24) is 9.97 Å². The van der Waals surface area contributed by atoms with Gasteiger partial charge >= 0.3 is 11.9 Å². The second kappa shape index (κ2) is 8.52. The number of rotatable bonds is 6. The Balaban J connectivity index is 2.16. The molecule has 0 saturated carbocycles. The maximum atomic E-state index is 14.6. The molecule has 0 fully saturated rings. The first kappa shape index (κ1) is 20.7. The quantitative estimate of drug-likeness (QED) is 0.553. The lowest BCUT2D eigenvalue weighted by Crippen LogP contribution is -2.16. The highest BCUT2D eigenvalue weighted by molar-refractivity contribution is 6.31. The molecule has 1 aromatic carbocycles. The molecule has 0 aliphatic heterocycles. The number of carbonyl (C=O) groups excluding carboxylic acids is 2. The number of nitrogens with zero attached hydrogens (tertiary/aromatic N) is 2. The molecule has 0 N–H and O–H groups in total. The summed E-state index contributed by atoms with van der Waals surface area (Å²) in [5, 5.41) is 0.591. The summed E-state index contributed by atoms with van der Waals surface area (Å²) in [5.74, 6) is -4.65. The number of aromatic nitrogens is 2. The Morgan fingerprint density at radius 2 is 2.07 bits per heavy atom. The second-order valence-electron chi connectivity index (χ2n) is 5.87. The monoisotopic (exact) mass is 424 g/mol. The normalized spacial score (nSPS) is 12.0. The van der Waals surface area contributed by atoms with Crippen LogP contribution in [0.5, 0.6) is 0 Å².